The van der Waals surface area contributed by atoms with Crippen molar-refractivity contribution in [2.75, 3.05) is 23.7 Å². The molecule has 0 radical (unpaired) electrons. The van der Waals surface area contributed by atoms with Crippen LogP contribution in [0.1, 0.15) is 43.4 Å². The van der Waals surface area contributed by atoms with Crippen LogP contribution in [0.3, 0.4) is 0 Å². The smallest absolute Gasteiger partial charge is 0.244 e. The van der Waals surface area contributed by atoms with Crippen LogP contribution in [0.5, 0.6) is 5.75 Å². The van der Waals surface area contributed by atoms with E-state index in [1.54, 1.807) is 24.3 Å². The molecule has 0 aliphatic carbocycles. The Morgan fingerprint density at radius 2 is 1.55 bits per heavy atom. The molecule has 0 bridgehead atoms. The number of benzene rings is 3. The monoisotopic (exact) mass is 565 g/mol. The van der Waals surface area contributed by atoms with Crippen LogP contribution in [-0.4, -0.2) is 50.5 Å². The second kappa shape index (κ2) is 14.5. The largest absolute Gasteiger partial charge is 0.489 e. The van der Waals surface area contributed by atoms with Gasteiger partial charge in [-0.05, 0) is 55.2 Å². The molecule has 0 unspecified atom stereocenters. The summed E-state index contributed by atoms with van der Waals surface area (Å²) in [5.41, 5.74) is 3.28. The quantitative estimate of drug-likeness (QED) is 0.306. The third-order valence-corrected chi connectivity index (χ3v) is 7.60. The third-order valence-electron chi connectivity index (χ3n) is 6.46. The summed E-state index contributed by atoms with van der Waals surface area (Å²) in [5, 5.41) is 2.88. The maximum atomic E-state index is 13.8. The van der Waals surface area contributed by atoms with Crippen molar-refractivity contribution in [2.45, 2.75) is 52.8 Å². The zero-order valence-corrected chi connectivity index (χ0v) is 24.5. The summed E-state index contributed by atoms with van der Waals surface area (Å²) < 4.78 is 32.6. The Morgan fingerprint density at radius 3 is 2.12 bits per heavy atom. The molecule has 40 heavy (non-hydrogen) atoms. The van der Waals surface area contributed by atoms with Gasteiger partial charge in [-0.2, -0.15) is 0 Å². The zero-order chi connectivity index (χ0) is 29.1. The number of nitrogens with zero attached hydrogens (tertiary/aromatic N) is 2. The van der Waals surface area contributed by atoms with E-state index in [-0.39, 0.29) is 12.5 Å². The first-order valence-corrected chi connectivity index (χ1v) is 15.3. The highest BCUT2D eigenvalue weighted by Crippen LogP contribution is 2.23. The number of nitrogens with one attached hydrogen (secondary N) is 1. The number of anilines is 1. The van der Waals surface area contributed by atoms with E-state index in [0.29, 0.717) is 31.0 Å². The van der Waals surface area contributed by atoms with Crippen molar-refractivity contribution in [2.24, 2.45) is 0 Å². The van der Waals surface area contributed by atoms with Crippen LogP contribution < -0.4 is 14.4 Å². The van der Waals surface area contributed by atoms with Crippen molar-refractivity contribution in [3.8, 4) is 5.75 Å². The summed E-state index contributed by atoms with van der Waals surface area (Å²) in [6.45, 7) is 6.39. The van der Waals surface area contributed by atoms with Crippen LogP contribution >= 0.6 is 0 Å². The Hall–Kier alpha value is -3.85. The first-order valence-electron chi connectivity index (χ1n) is 13.5. The van der Waals surface area contributed by atoms with Crippen LogP contribution in [0, 0.1) is 6.92 Å². The van der Waals surface area contributed by atoms with Crippen LogP contribution in [-0.2, 0) is 32.8 Å². The van der Waals surface area contributed by atoms with Crippen LogP contribution in [0.25, 0.3) is 0 Å². The summed E-state index contributed by atoms with van der Waals surface area (Å²) >= 11 is 0. The first kappa shape index (κ1) is 30.7. The van der Waals surface area contributed by atoms with Gasteiger partial charge in [0.05, 0.1) is 11.9 Å². The summed E-state index contributed by atoms with van der Waals surface area (Å²) in [7, 11) is -3.82. The molecule has 0 fully saturated rings. The standard InChI is InChI=1S/C31H39N3O5S/c1-5-20-32-31(36)29(6-2)33(21-25-14-12-24(3)13-15-25)30(35)22-34(40(4,37)38)27-16-18-28(19-17-27)39-23-26-10-8-7-9-11-26/h7-19,29H,5-6,20-23H2,1-4H3,(H,32,36)/t29-/m0/s1. The number of aryl methyl sites for hydroxylation is 1. The van der Waals surface area contributed by atoms with Crippen molar-refractivity contribution < 1.29 is 22.7 Å². The minimum absolute atomic E-state index is 0.182. The first-order chi connectivity index (χ1) is 19.1. The maximum absolute atomic E-state index is 13.8. The molecule has 0 spiro atoms. The van der Waals surface area contributed by atoms with Crippen molar-refractivity contribution in [3.63, 3.8) is 0 Å². The van der Waals surface area contributed by atoms with Gasteiger partial charge in [-0.25, -0.2) is 8.42 Å². The molecular formula is C31H39N3O5S. The van der Waals surface area contributed by atoms with Gasteiger partial charge in [0.2, 0.25) is 21.8 Å². The van der Waals surface area contributed by atoms with E-state index < -0.39 is 28.5 Å². The lowest BCUT2D eigenvalue weighted by atomic mass is 10.1. The number of hydrogen-bond acceptors (Lipinski definition) is 5. The molecule has 0 aliphatic rings. The third kappa shape index (κ3) is 8.84. The summed E-state index contributed by atoms with van der Waals surface area (Å²) in [6, 6.07) is 23.3. The highest BCUT2D eigenvalue weighted by atomic mass is 32.2. The van der Waals surface area contributed by atoms with E-state index >= 15 is 0 Å². The second-order valence-corrected chi connectivity index (χ2v) is 11.7. The maximum Gasteiger partial charge on any atom is 0.244 e. The molecule has 3 aromatic carbocycles. The Morgan fingerprint density at radius 1 is 0.900 bits per heavy atom. The van der Waals surface area contributed by atoms with Gasteiger partial charge < -0.3 is 15.0 Å². The molecule has 0 aromatic heterocycles. The Bertz CT molecular complexity index is 1340. The lowest BCUT2D eigenvalue weighted by Gasteiger charge is -2.33. The van der Waals surface area contributed by atoms with E-state index in [1.165, 1.54) is 4.90 Å². The molecule has 0 aliphatic heterocycles. The molecule has 3 rings (SSSR count). The minimum Gasteiger partial charge on any atom is -0.489 e. The molecule has 8 nitrogen and oxygen atoms in total. The van der Waals surface area contributed by atoms with Gasteiger partial charge in [-0.15, -0.1) is 0 Å². The minimum atomic E-state index is -3.82. The number of hydrogen-bond donors (Lipinski definition) is 1. The molecule has 0 saturated carbocycles. The zero-order valence-electron chi connectivity index (χ0n) is 23.7. The normalized spacial score (nSPS) is 11.9. The molecule has 0 heterocycles. The lowest BCUT2D eigenvalue weighted by molar-refractivity contribution is -0.140. The predicted octanol–water partition coefficient (Wildman–Crippen LogP) is 4.67. The SMILES string of the molecule is CCCNC(=O)[C@H](CC)N(Cc1ccc(C)cc1)C(=O)CN(c1ccc(OCc2ccccc2)cc1)S(C)(=O)=O. The van der Waals surface area contributed by atoms with E-state index in [2.05, 4.69) is 5.32 Å². The van der Waals surface area contributed by atoms with Crippen LogP contribution in [0.4, 0.5) is 5.69 Å². The van der Waals surface area contributed by atoms with Crippen molar-refractivity contribution >= 4 is 27.5 Å². The summed E-state index contributed by atoms with van der Waals surface area (Å²) in [4.78, 5) is 28.3. The second-order valence-electron chi connectivity index (χ2n) is 9.76. The number of carbonyl (C=O) groups is 2. The van der Waals surface area contributed by atoms with E-state index in [1.807, 2.05) is 75.4 Å². The Balaban J connectivity index is 1.83. The van der Waals surface area contributed by atoms with Crippen LogP contribution in [0.2, 0.25) is 0 Å². The van der Waals surface area contributed by atoms with Crippen LogP contribution in [0.15, 0.2) is 78.9 Å². The van der Waals surface area contributed by atoms with E-state index in [9.17, 15) is 18.0 Å². The van der Waals surface area contributed by atoms with E-state index in [0.717, 1.165) is 33.7 Å². The fraction of sp³-hybridized carbons (Fsp3) is 0.355. The van der Waals surface area contributed by atoms with Gasteiger partial charge in [0.15, 0.2) is 0 Å². The molecule has 0 saturated heterocycles. The molecule has 1 N–H and O–H groups in total. The van der Waals surface area contributed by atoms with E-state index in [4.69, 9.17) is 4.74 Å². The van der Waals surface area contributed by atoms with Gasteiger partial charge >= 0.3 is 0 Å². The Kier molecular flexibility index (Phi) is 11.1. The lowest BCUT2D eigenvalue weighted by Crippen LogP contribution is -2.52. The van der Waals surface area contributed by atoms with Crippen molar-refractivity contribution in [1.29, 1.82) is 0 Å². The molecule has 2 amide bonds. The molecule has 3 aromatic rings. The van der Waals surface area contributed by atoms with Gasteiger partial charge in [0.1, 0.15) is 24.9 Å². The fourth-order valence-electron chi connectivity index (χ4n) is 4.24. The molecule has 214 valence electrons. The number of ether oxygens (including phenoxy) is 1. The van der Waals surface area contributed by atoms with Gasteiger partial charge in [-0.1, -0.05) is 74.0 Å². The summed E-state index contributed by atoms with van der Waals surface area (Å²) in [6.07, 6.45) is 2.22. The number of rotatable bonds is 14. The topological polar surface area (TPSA) is 96.0 Å². The van der Waals surface area contributed by atoms with Gasteiger partial charge in [0, 0.05) is 13.1 Å². The van der Waals surface area contributed by atoms with Gasteiger partial charge in [-0.3, -0.25) is 13.9 Å². The number of sulfonamides is 1. The van der Waals surface area contributed by atoms with Gasteiger partial charge in [0.25, 0.3) is 0 Å². The molecule has 1 atom stereocenters. The Labute approximate surface area is 238 Å². The average Bonchev–Trinajstić information content (AvgIpc) is 2.94. The average molecular weight is 566 g/mol. The number of carbonyl (C=O) groups excluding carboxylic acids is 2. The predicted molar refractivity (Wildman–Crippen MR) is 159 cm³/mol. The summed E-state index contributed by atoms with van der Waals surface area (Å²) in [5.74, 6) is -0.142. The fourth-order valence-corrected chi connectivity index (χ4v) is 5.09. The molecular weight excluding hydrogens is 526 g/mol. The highest BCUT2D eigenvalue weighted by molar-refractivity contribution is 7.92. The van der Waals surface area contributed by atoms with Crippen molar-refractivity contribution in [1.82, 2.24) is 10.2 Å². The number of amides is 2. The van der Waals surface area contributed by atoms with Crippen molar-refractivity contribution in [3.05, 3.63) is 95.6 Å². The highest BCUT2D eigenvalue weighted by Gasteiger charge is 2.31. The molecule has 9 heteroatoms.